The van der Waals surface area contributed by atoms with Gasteiger partial charge in [-0.2, -0.15) is 0 Å². The van der Waals surface area contributed by atoms with Gasteiger partial charge in [0.15, 0.2) is 5.96 Å². The number of hydrogen-bond acceptors (Lipinski definition) is 4. The Kier molecular flexibility index (Phi) is 5.44. The molecule has 1 aliphatic heterocycles. The first-order valence-electron chi connectivity index (χ1n) is 7.11. The fourth-order valence-electron chi connectivity index (χ4n) is 2.22. The summed E-state index contributed by atoms with van der Waals surface area (Å²) in [5.41, 5.74) is 1.83. The second kappa shape index (κ2) is 7.11. The van der Waals surface area contributed by atoms with Crippen molar-refractivity contribution >= 4 is 35.8 Å². The summed E-state index contributed by atoms with van der Waals surface area (Å²) >= 11 is 0. The van der Waals surface area contributed by atoms with Crippen molar-refractivity contribution in [2.24, 2.45) is 4.99 Å². The third kappa shape index (κ3) is 4.33. The lowest BCUT2D eigenvalue weighted by atomic mass is 10.1. The Morgan fingerprint density at radius 3 is 2.90 bits per heavy atom. The zero-order chi connectivity index (χ0) is 13.9. The number of nitrogens with zero attached hydrogens (tertiary/aromatic N) is 2. The molecule has 114 valence electrons. The van der Waals surface area contributed by atoms with Crippen LogP contribution in [0.3, 0.4) is 0 Å². The summed E-state index contributed by atoms with van der Waals surface area (Å²) < 4.78 is 0. The van der Waals surface area contributed by atoms with Gasteiger partial charge in [-0.15, -0.1) is 24.0 Å². The van der Waals surface area contributed by atoms with Crippen LogP contribution in [0.1, 0.15) is 28.8 Å². The van der Waals surface area contributed by atoms with Crippen molar-refractivity contribution in [3.8, 4) is 0 Å². The molecule has 0 atom stereocenters. The van der Waals surface area contributed by atoms with E-state index in [0.29, 0.717) is 12.6 Å². The van der Waals surface area contributed by atoms with E-state index in [-0.39, 0.29) is 29.9 Å². The number of hydrogen-bond donors (Lipinski definition) is 2. The zero-order valence-electron chi connectivity index (χ0n) is 12.1. The zero-order valence-corrected chi connectivity index (χ0v) is 14.5. The third-order valence-electron chi connectivity index (χ3n) is 3.61. The van der Waals surface area contributed by atoms with E-state index in [9.17, 15) is 4.79 Å². The van der Waals surface area contributed by atoms with Crippen molar-refractivity contribution in [2.75, 3.05) is 20.1 Å². The fraction of sp³-hybridized carbons (Fsp3) is 0.467. The van der Waals surface area contributed by atoms with E-state index < -0.39 is 0 Å². The Morgan fingerprint density at radius 1 is 1.43 bits per heavy atom. The molecule has 0 bridgehead atoms. The van der Waals surface area contributed by atoms with Gasteiger partial charge in [-0.3, -0.25) is 9.79 Å². The topological polar surface area (TPSA) is 56.7 Å². The third-order valence-corrected chi connectivity index (χ3v) is 3.61. The van der Waals surface area contributed by atoms with Gasteiger partial charge >= 0.3 is 0 Å². The quantitative estimate of drug-likeness (QED) is 0.755. The van der Waals surface area contributed by atoms with E-state index in [1.165, 1.54) is 0 Å². The van der Waals surface area contributed by atoms with Crippen LogP contribution in [0.5, 0.6) is 0 Å². The molecule has 0 aromatic heterocycles. The van der Waals surface area contributed by atoms with Crippen molar-refractivity contribution in [1.29, 1.82) is 0 Å². The van der Waals surface area contributed by atoms with Gasteiger partial charge in [0.1, 0.15) is 0 Å². The normalized spacial score (nSPS) is 17.0. The van der Waals surface area contributed by atoms with Crippen molar-refractivity contribution in [3.63, 3.8) is 0 Å². The molecular weight excluding hydrogens is 379 g/mol. The monoisotopic (exact) mass is 400 g/mol. The highest BCUT2D eigenvalue weighted by Crippen LogP contribution is 2.19. The van der Waals surface area contributed by atoms with Crippen LogP contribution in [0.25, 0.3) is 0 Å². The summed E-state index contributed by atoms with van der Waals surface area (Å²) in [6.45, 7) is 2.50. The number of carbonyl (C=O) groups excluding carboxylic acids is 1. The molecule has 2 aliphatic rings. The van der Waals surface area contributed by atoms with Crippen LogP contribution in [-0.4, -0.2) is 42.9 Å². The predicted molar refractivity (Wildman–Crippen MR) is 94.1 cm³/mol. The van der Waals surface area contributed by atoms with Crippen LogP contribution in [-0.2, 0) is 6.54 Å². The molecule has 3 rings (SSSR count). The molecule has 21 heavy (non-hydrogen) atoms. The molecule has 1 heterocycles. The molecule has 1 aromatic rings. The van der Waals surface area contributed by atoms with Crippen molar-refractivity contribution < 1.29 is 4.79 Å². The van der Waals surface area contributed by atoms with Gasteiger partial charge in [0, 0.05) is 31.7 Å². The highest BCUT2D eigenvalue weighted by Gasteiger charge is 2.23. The fourth-order valence-corrected chi connectivity index (χ4v) is 2.22. The minimum Gasteiger partial charge on any atom is -0.352 e. The largest absolute Gasteiger partial charge is 0.352 e. The number of aliphatic imine (C=N–C) groups is 1. The number of carbonyl (C=O) groups is 1. The van der Waals surface area contributed by atoms with Gasteiger partial charge in [-0.25, -0.2) is 0 Å². The second-order valence-electron chi connectivity index (χ2n) is 5.43. The number of benzene rings is 1. The van der Waals surface area contributed by atoms with Crippen LogP contribution in [0.15, 0.2) is 29.3 Å². The molecule has 1 saturated carbocycles. The average molecular weight is 400 g/mol. The molecule has 0 saturated heterocycles. The van der Waals surface area contributed by atoms with Crippen LogP contribution in [0, 0.1) is 0 Å². The Morgan fingerprint density at radius 2 is 2.24 bits per heavy atom. The van der Waals surface area contributed by atoms with E-state index in [1.807, 2.05) is 31.3 Å². The van der Waals surface area contributed by atoms with E-state index in [2.05, 4.69) is 20.5 Å². The minimum absolute atomic E-state index is 0. The Bertz CT molecular complexity index is 542. The van der Waals surface area contributed by atoms with E-state index >= 15 is 0 Å². The molecule has 0 spiro atoms. The summed E-state index contributed by atoms with van der Waals surface area (Å²) in [5.74, 6) is 0.961. The van der Waals surface area contributed by atoms with Crippen molar-refractivity contribution in [1.82, 2.24) is 15.5 Å². The van der Waals surface area contributed by atoms with Gasteiger partial charge in [-0.05, 0) is 30.5 Å². The maximum atomic E-state index is 12.0. The highest BCUT2D eigenvalue weighted by atomic mass is 127. The van der Waals surface area contributed by atoms with Crippen LogP contribution in [0.2, 0.25) is 0 Å². The standard InChI is InChI=1S/C15H20N4O.HI/c1-19-8-7-16-15(19)17-10-11-3-2-4-12(9-11)14(20)18-13-5-6-13;/h2-4,9,13H,5-8,10H2,1H3,(H,16,17)(H,18,20);1H. The van der Waals surface area contributed by atoms with Gasteiger partial charge in [-0.1, -0.05) is 12.1 Å². The molecule has 0 radical (unpaired) electrons. The maximum absolute atomic E-state index is 12.0. The summed E-state index contributed by atoms with van der Waals surface area (Å²) in [6, 6.07) is 8.15. The summed E-state index contributed by atoms with van der Waals surface area (Å²) in [5, 5.41) is 6.32. The van der Waals surface area contributed by atoms with Crippen LogP contribution >= 0.6 is 24.0 Å². The number of halogens is 1. The van der Waals surface area contributed by atoms with Crippen molar-refractivity contribution in [2.45, 2.75) is 25.4 Å². The molecule has 1 amide bonds. The SMILES string of the molecule is CN1CCN=C1NCc1cccc(C(=O)NC2CC2)c1.I. The lowest BCUT2D eigenvalue weighted by molar-refractivity contribution is 0.0951. The smallest absolute Gasteiger partial charge is 0.251 e. The number of guanidine groups is 1. The second-order valence-corrected chi connectivity index (χ2v) is 5.43. The molecule has 5 nitrogen and oxygen atoms in total. The summed E-state index contributed by atoms with van der Waals surface area (Å²) in [7, 11) is 2.03. The first kappa shape index (κ1) is 16.1. The van der Waals surface area contributed by atoms with Crippen LogP contribution < -0.4 is 10.6 Å². The lowest BCUT2D eigenvalue weighted by Crippen LogP contribution is -2.35. The number of likely N-dealkylation sites (N-methyl/N-ethyl adjacent to an activating group) is 1. The molecular formula is C15H21IN4O. The summed E-state index contributed by atoms with van der Waals surface area (Å²) in [6.07, 6.45) is 2.22. The van der Waals surface area contributed by atoms with E-state index in [4.69, 9.17) is 0 Å². The number of nitrogens with one attached hydrogen (secondary N) is 2. The minimum atomic E-state index is 0. The van der Waals surface area contributed by atoms with Crippen molar-refractivity contribution in [3.05, 3.63) is 35.4 Å². The molecule has 1 aromatic carbocycles. The Hall–Kier alpha value is -1.31. The van der Waals surface area contributed by atoms with Gasteiger partial charge in [0.25, 0.3) is 5.91 Å². The molecule has 0 unspecified atom stereocenters. The lowest BCUT2D eigenvalue weighted by Gasteiger charge is -2.15. The maximum Gasteiger partial charge on any atom is 0.251 e. The predicted octanol–water partition coefficient (Wildman–Crippen LogP) is 1.59. The number of rotatable bonds is 4. The summed E-state index contributed by atoms with van der Waals surface area (Å²) in [4.78, 5) is 18.5. The molecule has 1 aliphatic carbocycles. The Balaban J connectivity index is 0.00000161. The molecule has 1 fully saturated rings. The number of amides is 1. The first-order valence-corrected chi connectivity index (χ1v) is 7.11. The molecule has 6 heteroatoms. The average Bonchev–Trinajstić information content (AvgIpc) is 3.17. The highest BCUT2D eigenvalue weighted by molar-refractivity contribution is 14.0. The van der Waals surface area contributed by atoms with E-state index in [1.54, 1.807) is 0 Å². The van der Waals surface area contributed by atoms with E-state index in [0.717, 1.165) is 43.0 Å². The first-order chi connectivity index (χ1) is 9.72. The van der Waals surface area contributed by atoms with Crippen LogP contribution in [0.4, 0.5) is 0 Å². The Labute approximate surface area is 142 Å². The van der Waals surface area contributed by atoms with Gasteiger partial charge < -0.3 is 15.5 Å². The van der Waals surface area contributed by atoms with Gasteiger partial charge in [0.05, 0.1) is 6.54 Å². The van der Waals surface area contributed by atoms with Gasteiger partial charge in [0.2, 0.25) is 0 Å². The molecule has 2 N–H and O–H groups in total.